The largest absolute Gasteiger partial charge is 0.481 e. The van der Waals surface area contributed by atoms with E-state index in [2.05, 4.69) is 4.98 Å². The molecule has 1 aromatic heterocycles. The van der Waals surface area contributed by atoms with E-state index >= 15 is 0 Å². The predicted molar refractivity (Wildman–Crippen MR) is 75.6 cm³/mol. The number of aliphatic carboxylic acids is 1. The highest BCUT2D eigenvalue weighted by Gasteiger charge is 2.23. The number of hydrogen-bond donors (Lipinski definition) is 1. The van der Waals surface area contributed by atoms with Gasteiger partial charge in [0.05, 0.1) is 16.8 Å². The number of carbonyl (C=O) groups is 1. The highest BCUT2D eigenvalue weighted by atomic mass is 32.2. The summed E-state index contributed by atoms with van der Waals surface area (Å²) in [4.78, 5) is 15.2. The van der Waals surface area contributed by atoms with Crippen LogP contribution in [-0.4, -0.2) is 26.4 Å². The highest BCUT2D eigenvalue weighted by Crippen LogP contribution is 2.36. The van der Waals surface area contributed by atoms with Crippen molar-refractivity contribution in [2.45, 2.75) is 36.9 Å². The summed E-state index contributed by atoms with van der Waals surface area (Å²) in [5.74, 6) is -1.18. The van der Waals surface area contributed by atoms with E-state index in [-0.39, 0.29) is 11.6 Å². The zero-order valence-electron chi connectivity index (χ0n) is 10.9. The summed E-state index contributed by atoms with van der Waals surface area (Å²) in [6, 6.07) is 4.84. The van der Waals surface area contributed by atoms with Gasteiger partial charge in [-0.25, -0.2) is 9.37 Å². The minimum Gasteiger partial charge on any atom is -0.481 e. The summed E-state index contributed by atoms with van der Waals surface area (Å²) in [5.41, 5.74) is 1.50. The molecule has 0 spiro atoms. The lowest BCUT2D eigenvalue weighted by Gasteiger charge is -2.15. The quantitative estimate of drug-likeness (QED) is 0.877. The lowest BCUT2D eigenvalue weighted by Crippen LogP contribution is -2.08. The van der Waals surface area contributed by atoms with Crippen LogP contribution in [0.5, 0.6) is 0 Å². The van der Waals surface area contributed by atoms with Gasteiger partial charge in [-0.1, -0.05) is 24.6 Å². The molecule has 1 fully saturated rings. The topological polar surface area (TPSA) is 55.1 Å². The molecular weight excluding hydrogens is 279 g/mol. The van der Waals surface area contributed by atoms with Gasteiger partial charge in [0, 0.05) is 6.04 Å². The summed E-state index contributed by atoms with van der Waals surface area (Å²) in [6.07, 6.45) is 4.40. The summed E-state index contributed by atoms with van der Waals surface area (Å²) < 4.78 is 15.5. The molecule has 1 aliphatic carbocycles. The van der Waals surface area contributed by atoms with Gasteiger partial charge in [0.25, 0.3) is 0 Å². The Bertz CT molecular complexity index is 650. The smallest absolute Gasteiger partial charge is 0.313 e. The highest BCUT2D eigenvalue weighted by molar-refractivity contribution is 7.99. The molecular formula is C14H15FN2O2S. The van der Waals surface area contributed by atoms with Gasteiger partial charge in [0.15, 0.2) is 5.16 Å². The second kappa shape index (κ2) is 5.44. The molecule has 1 aliphatic rings. The van der Waals surface area contributed by atoms with Gasteiger partial charge in [-0.3, -0.25) is 4.79 Å². The number of imidazole rings is 1. The van der Waals surface area contributed by atoms with Crippen molar-refractivity contribution in [3.63, 3.8) is 0 Å². The summed E-state index contributed by atoms with van der Waals surface area (Å²) in [6.45, 7) is 0. The van der Waals surface area contributed by atoms with Crippen LogP contribution >= 0.6 is 11.8 Å². The molecule has 20 heavy (non-hydrogen) atoms. The molecule has 0 atom stereocenters. The maximum atomic E-state index is 13.5. The molecule has 0 saturated heterocycles. The second-order valence-corrected chi connectivity index (χ2v) is 5.96. The minimum absolute atomic E-state index is 0.0292. The number of carboxylic acids is 1. The van der Waals surface area contributed by atoms with Crippen molar-refractivity contribution in [2.75, 3.05) is 5.75 Å². The minimum atomic E-state index is -0.869. The fourth-order valence-electron chi connectivity index (χ4n) is 2.79. The molecule has 0 unspecified atom stereocenters. The van der Waals surface area contributed by atoms with Crippen LogP contribution in [0.1, 0.15) is 31.7 Å². The molecule has 0 bridgehead atoms. The lowest BCUT2D eigenvalue weighted by atomic mass is 10.2. The fourth-order valence-corrected chi connectivity index (χ4v) is 3.59. The van der Waals surface area contributed by atoms with Gasteiger partial charge in [0.2, 0.25) is 0 Å². The summed E-state index contributed by atoms with van der Waals surface area (Å²) in [5, 5.41) is 9.51. The van der Waals surface area contributed by atoms with E-state index in [0.717, 1.165) is 36.7 Å². The van der Waals surface area contributed by atoms with E-state index in [4.69, 9.17) is 5.11 Å². The number of fused-ring (bicyclic) bond motifs is 1. The van der Waals surface area contributed by atoms with Crippen molar-refractivity contribution in [1.82, 2.24) is 9.55 Å². The third kappa shape index (κ3) is 2.52. The summed E-state index contributed by atoms with van der Waals surface area (Å²) in [7, 11) is 0. The van der Waals surface area contributed by atoms with Crippen molar-refractivity contribution in [3.8, 4) is 0 Å². The van der Waals surface area contributed by atoms with Gasteiger partial charge >= 0.3 is 5.97 Å². The molecule has 1 aromatic carbocycles. The predicted octanol–water partition coefficient (Wildman–Crippen LogP) is 3.47. The van der Waals surface area contributed by atoms with Crippen LogP contribution in [0, 0.1) is 5.82 Å². The molecule has 4 nitrogen and oxygen atoms in total. The lowest BCUT2D eigenvalue weighted by molar-refractivity contribution is -0.133. The molecule has 0 aliphatic heterocycles. The normalized spacial score (nSPS) is 16.1. The molecule has 0 amide bonds. The van der Waals surface area contributed by atoms with Crippen LogP contribution in [-0.2, 0) is 4.79 Å². The molecule has 1 saturated carbocycles. The first kappa shape index (κ1) is 13.4. The van der Waals surface area contributed by atoms with Crippen molar-refractivity contribution in [3.05, 3.63) is 24.0 Å². The number of carboxylic acid groups (broad SMARTS) is 1. The first-order chi connectivity index (χ1) is 9.65. The number of nitrogens with zero attached hydrogens (tertiary/aromatic N) is 2. The summed E-state index contributed by atoms with van der Waals surface area (Å²) >= 11 is 1.20. The van der Waals surface area contributed by atoms with Crippen LogP contribution in [0.3, 0.4) is 0 Å². The Morgan fingerprint density at radius 1 is 1.45 bits per heavy atom. The van der Waals surface area contributed by atoms with Crippen LogP contribution in [0.25, 0.3) is 11.0 Å². The third-order valence-electron chi connectivity index (χ3n) is 3.63. The average Bonchev–Trinajstić information content (AvgIpc) is 3.02. The number of benzene rings is 1. The molecule has 3 rings (SSSR count). The first-order valence-corrected chi connectivity index (χ1v) is 7.66. The Labute approximate surface area is 120 Å². The first-order valence-electron chi connectivity index (χ1n) is 6.67. The van der Waals surface area contributed by atoms with E-state index in [0.29, 0.717) is 11.2 Å². The monoisotopic (exact) mass is 294 g/mol. The molecule has 1 N–H and O–H groups in total. The number of aromatic nitrogens is 2. The maximum absolute atomic E-state index is 13.5. The number of halogens is 1. The van der Waals surface area contributed by atoms with E-state index in [1.54, 1.807) is 6.07 Å². The Hall–Kier alpha value is -1.56. The Balaban J connectivity index is 2.06. The van der Waals surface area contributed by atoms with Crippen LogP contribution in [0.15, 0.2) is 23.4 Å². The SMILES string of the molecule is O=C(O)CSc1nc2ccc(F)cc2n1C1CCCC1. The second-order valence-electron chi connectivity index (χ2n) is 5.02. The Morgan fingerprint density at radius 3 is 2.90 bits per heavy atom. The van der Waals surface area contributed by atoms with Gasteiger partial charge < -0.3 is 9.67 Å². The van der Waals surface area contributed by atoms with Crippen molar-refractivity contribution in [1.29, 1.82) is 0 Å². The van der Waals surface area contributed by atoms with E-state index in [9.17, 15) is 9.18 Å². The standard InChI is InChI=1S/C14H15FN2O2S/c15-9-5-6-11-12(7-9)17(10-3-1-2-4-10)14(16-11)20-8-13(18)19/h5-7,10H,1-4,8H2,(H,18,19). The third-order valence-corrected chi connectivity index (χ3v) is 4.57. The Morgan fingerprint density at radius 2 is 2.20 bits per heavy atom. The van der Waals surface area contributed by atoms with Gasteiger partial charge in [-0.2, -0.15) is 0 Å². The van der Waals surface area contributed by atoms with E-state index < -0.39 is 5.97 Å². The molecule has 6 heteroatoms. The van der Waals surface area contributed by atoms with Crippen LogP contribution < -0.4 is 0 Å². The fraction of sp³-hybridized carbons (Fsp3) is 0.429. The maximum Gasteiger partial charge on any atom is 0.313 e. The Kier molecular flexibility index (Phi) is 3.65. The molecule has 106 valence electrons. The molecule has 0 radical (unpaired) electrons. The van der Waals surface area contributed by atoms with E-state index in [1.807, 2.05) is 4.57 Å². The van der Waals surface area contributed by atoms with Gasteiger partial charge in [-0.15, -0.1) is 0 Å². The van der Waals surface area contributed by atoms with Crippen molar-refractivity contribution in [2.24, 2.45) is 0 Å². The zero-order chi connectivity index (χ0) is 14.1. The van der Waals surface area contributed by atoms with E-state index in [1.165, 1.54) is 23.9 Å². The van der Waals surface area contributed by atoms with Crippen LogP contribution in [0.4, 0.5) is 4.39 Å². The molecule has 2 aromatic rings. The number of hydrogen-bond acceptors (Lipinski definition) is 3. The van der Waals surface area contributed by atoms with Gasteiger partial charge in [0.1, 0.15) is 5.82 Å². The molecule has 1 heterocycles. The van der Waals surface area contributed by atoms with Gasteiger partial charge in [-0.05, 0) is 31.0 Å². The van der Waals surface area contributed by atoms with Crippen LogP contribution in [0.2, 0.25) is 0 Å². The number of thioether (sulfide) groups is 1. The zero-order valence-corrected chi connectivity index (χ0v) is 11.7. The number of rotatable bonds is 4. The average molecular weight is 294 g/mol. The van der Waals surface area contributed by atoms with Crippen molar-refractivity contribution < 1.29 is 14.3 Å². The van der Waals surface area contributed by atoms with Crippen molar-refractivity contribution >= 4 is 28.8 Å².